The molecule has 3 rings (SSSR count). The first kappa shape index (κ1) is 16.4. The van der Waals surface area contributed by atoms with Crippen molar-refractivity contribution < 1.29 is 8.78 Å². The molecule has 1 aromatic carbocycles. The van der Waals surface area contributed by atoms with Gasteiger partial charge in [-0.3, -0.25) is 4.98 Å². The molecule has 24 heavy (non-hydrogen) atoms. The Hall–Kier alpha value is -2.45. The van der Waals surface area contributed by atoms with E-state index in [2.05, 4.69) is 20.3 Å². The van der Waals surface area contributed by atoms with Gasteiger partial charge in [-0.15, -0.1) is 0 Å². The quantitative estimate of drug-likeness (QED) is 0.672. The summed E-state index contributed by atoms with van der Waals surface area (Å²) in [7, 11) is 0. The average molecular weight is 366 g/mol. The zero-order chi connectivity index (χ0) is 17.1. The van der Waals surface area contributed by atoms with Gasteiger partial charge in [-0.2, -0.15) is 4.98 Å². The lowest BCUT2D eigenvalue weighted by molar-refractivity contribution is 0.541. The second kappa shape index (κ2) is 6.98. The molecule has 2 aromatic heterocycles. The highest BCUT2D eigenvalue weighted by atomic mass is 35.5. The smallest absolute Gasteiger partial charge is 0.223 e. The second-order valence-electron chi connectivity index (χ2n) is 4.61. The number of nitrogens with one attached hydrogen (secondary N) is 1. The zero-order valence-corrected chi connectivity index (χ0v) is 13.6. The van der Waals surface area contributed by atoms with Crippen LogP contribution in [0.1, 0.15) is 0 Å². The monoisotopic (exact) mass is 365 g/mol. The molecule has 0 radical (unpaired) electrons. The molecule has 3 aromatic rings. The van der Waals surface area contributed by atoms with Crippen LogP contribution in [-0.4, -0.2) is 15.0 Å². The Balaban J connectivity index is 1.86. The minimum atomic E-state index is -0.701. The standard InChI is InChI=1S/C15H10ClF2N5S/c16-12-7-13(23-15(19)22-12)21-8-5-10(17)14(11(18)6-8)24-9-1-3-20-4-2-9/h1-7H,(H3,19,21,22,23). The van der Waals surface area contributed by atoms with Crippen molar-refractivity contribution in [2.75, 3.05) is 11.1 Å². The molecule has 3 N–H and O–H groups in total. The number of nitrogens with zero attached hydrogens (tertiary/aromatic N) is 3. The van der Waals surface area contributed by atoms with Crippen LogP contribution in [0.25, 0.3) is 0 Å². The Morgan fingerprint density at radius 1 is 1.04 bits per heavy atom. The number of pyridine rings is 1. The molecule has 0 fully saturated rings. The third-order valence-corrected chi connectivity index (χ3v) is 4.15. The van der Waals surface area contributed by atoms with Crippen LogP contribution in [0.4, 0.5) is 26.2 Å². The van der Waals surface area contributed by atoms with Gasteiger partial charge in [-0.25, -0.2) is 13.8 Å². The van der Waals surface area contributed by atoms with Gasteiger partial charge in [0, 0.05) is 29.0 Å². The highest BCUT2D eigenvalue weighted by Gasteiger charge is 2.13. The van der Waals surface area contributed by atoms with E-state index >= 15 is 0 Å². The van der Waals surface area contributed by atoms with Gasteiger partial charge < -0.3 is 11.1 Å². The van der Waals surface area contributed by atoms with Crippen LogP contribution in [0.3, 0.4) is 0 Å². The minimum absolute atomic E-state index is 0.0455. The van der Waals surface area contributed by atoms with Crippen molar-refractivity contribution in [2.24, 2.45) is 0 Å². The van der Waals surface area contributed by atoms with E-state index in [9.17, 15) is 8.78 Å². The normalized spacial score (nSPS) is 10.6. The van der Waals surface area contributed by atoms with Gasteiger partial charge in [0.1, 0.15) is 22.6 Å². The van der Waals surface area contributed by atoms with E-state index in [1.165, 1.54) is 18.2 Å². The second-order valence-corrected chi connectivity index (χ2v) is 6.08. The zero-order valence-electron chi connectivity index (χ0n) is 12.0. The summed E-state index contributed by atoms with van der Waals surface area (Å²) in [6, 6.07) is 7.06. The molecule has 122 valence electrons. The lowest BCUT2D eigenvalue weighted by Gasteiger charge is -2.10. The molecule has 0 aliphatic carbocycles. The average Bonchev–Trinajstić information content (AvgIpc) is 2.51. The third kappa shape index (κ3) is 3.90. The molecule has 0 bridgehead atoms. The van der Waals surface area contributed by atoms with Crippen molar-refractivity contribution in [2.45, 2.75) is 9.79 Å². The number of hydrogen-bond acceptors (Lipinski definition) is 6. The first-order chi connectivity index (χ1) is 11.5. The van der Waals surface area contributed by atoms with Crippen molar-refractivity contribution in [3.05, 3.63) is 59.5 Å². The summed E-state index contributed by atoms with van der Waals surface area (Å²) in [5, 5.41) is 2.86. The number of nitrogens with two attached hydrogens (primary N) is 1. The molecule has 2 heterocycles. The lowest BCUT2D eigenvalue weighted by atomic mass is 10.3. The van der Waals surface area contributed by atoms with Gasteiger partial charge in [-0.1, -0.05) is 23.4 Å². The molecule has 0 spiro atoms. The minimum Gasteiger partial charge on any atom is -0.368 e. The summed E-state index contributed by atoms with van der Waals surface area (Å²) < 4.78 is 28.5. The van der Waals surface area contributed by atoms with Crippen molar-refractivity contribution in [1.29, 1.82) is 0 Å². The fourth-order valence-corrected chi connectivity index (χ4v) is 2.90. The molecule has 0 aliphatic heterocycles. The SMILES string of the molecule is Nc1nc(Cl)cc(Nc2cc(F)c(Sc3ccncc3)c(F)c2)n1. The Kier molecular flexibility index (Phi) is 4.77. The molecular weight excluding hydrogens is 356 g/mol. The van der Waals surface area contributed by atoms with Crippen LogP contribution < -0.4 is 11.1 Å². The van der Waals surface area contributed by atoms with Gasteiger partial charge in [0.05, 0.1) is 4.90 Å². The summed E-state index contributed by atoms with van der Waals surface area (Å²) in [5.41, 5.74) is 5.66. The third-order valence-electron chi connectivity index (χ3n) is 2.85. The number of benzene rings is 1. The van der Waals surface area contributed by atoms with E-state index < -0.39 is 11.6 Å². The van der Waals surface area contributed by atoms with E-state index in [1.54, 1.807) is 24.5 Å². The predicted molar refractivity (Wildman–Crippen MR) is 89.5 cm³/mol. The van der Waals surface area contributed by atoms with Gasteiger partial charge >= 0.3 is 0 Å². The highest BCUT2D eigenvalue weighted by Crippen LogP contribution is 2.34. The highest BCUT2D eigenvalue weighted by molar-refractivity contribution is 7.99. The summed E-state index contributed by atoms with van der Waals surface area (Å²) >= 11 is 6.74. The van der Waals surface area contributed by atoms with Crippen LogP contribution in [-0.2, 0) is 0 Å². The summed E-state index contributed by atoms with van der Waals surface area (Å²) in [6.45, 7) is 0. The van der Waals surface area contributed by atoms with E-state index in [4.69, 9.17) is 17.3 Å². The molecule has 0 saturated heterocycles. The van der Waals surface area contributed by atoms with Crippen molar-refractivity contribution in [1.82, 2.24) is 15.0 Å². The summed E-state index contributed by atoms with van der Waals surface area (Å²) in [4.78, 5) is 12.0. The Labute approximate surface area is 145 Å². The Morgan fingerprint density at radius 3 is 2.33 bits per heavy atom. The predicted octanol–water partition coefficient (Wildman–Crippen LogP) is 4.28. The van der Waals surface area contributed by atoms with Crippen LogP contribution in [0.15, 0.2) is 52.5 Å². The lowest BCUT2D eigenvalue weighted by Crippen LogP contribution is -2.01. The van der Waals surface area contributed by atoms with Crippen LogP contribution in [0.2, 0.25) is 5.15 Å². The topological polar surface area (TPSA) is 76.7 Å². The number of nitrogen functional groups attached to an aromatic ring is 1. The molecule has 9 heteroatoms. The number of rotatable bonds is 4. The van der Waals surface area contributed by atoms with Gasteiger partial charge in [0.25, 0.3) is 0 Å². The first-order valence-electron chi connectivity index (χ1n) is 6.65. The van der Waals surface area contributed by atoms with Crippen LogP contribution in [0.5, 0.6) is 0 Å². The maximum atomic E-state index is 14.3. The molecule has 0 atom stereocenters. The number of hydrogen-bond donors (Lipinski definition) is 2. The maximum absolute atomic E-state index is 14.3. The van der Waals surface area contributed by atoms with Crippen LogP contribution >= 0.6 is 23.4 Å². The molecule has 0 amide bonds. The Bertz CT molecular complexity index is 836. The maximum Gasteiger partial charge on any atom is 0.223 e. The largest absolute Gasteiger partial charge is 0.368 e. The van der Waals surface area contributed by atoms with Gasteiger partial charge in [0.2, 0.25) is 5.95 Å². The fraction of sp³-hybridized carbons (Fsp3) is 0. The van der Waals surface area contributed by atoms with Crippen molar-refractivity contribution in [3.63, 3.8) is 0 Å². The van der Waals surface area contributed by atoms with E-state index in [1.807, 2.05) is 0 Å². The number of halogens is 3. The van der Waals surface area contributed by atoms with Crippen molar-refractivity contribution >= 4 is 40.8 Å². The van der Waals surface area contributed by atoms with Gasteiger partial charge in [0.15, 0.2) is 0 Å². The van der Waals surface area contributed by atoms with E-state index in [-0.39, 0.29) is 27.5 Å². The van der Waals surface area contributed by atoms with E-state index in [0.717, 1.165) is 11.8 Å². The number of aromatic nitrogens is 3. The fourth-order valence-electron chi connectivity index (χ4n) is 1.90. The molecule has 5 nitrogen and oxygen atoms in total. The Morgan fingerprint density at radius 2 is 1.71 bits per heavy atom. The first-order valence-corrected chi connectivity index (χ1v) is 7.85. The van der Waals surface area contributed by atoms with E-state index in [0.29, 0.717) is 4.90 Å². The van der Waals surface area contributed by atoms with Crippen molar-refractivity contribution in [3.8, 4) is 0 Å². The molecule has 0 aliphatic rings. The van der Waals surface area contributed by atoms with Gasteiger partial charge in [-0.05, 0) is 24.3 Å². The number of anilines is 3. The summed E-state index contributed by atoms with van der Waals surface area (Å²) in [5.74, 6) is -1.21. The summed E-state index contributed by atoms with van der Waals surface area (Å²) in [6.07, 6.45) is 3.11. The van der Waals surface area contributed by atoms with Crippen LogP contribution in [0, 0.1) is 11.6 Å². The molecule has 0 unspecified atom stereocenters. The molecular formula is C15H10ClF2N5S. The molecule has 0 saturated carbocycles.